The quantitative estimate of drug-likeness (QED) is 0.801. The van der Waals surface area contributed by atoms with Crippen LogP contribution in [0.5, 0.6) is 0 Å². The first-order chi connectivity index (χ1) is 9.19. The van der Waals surface area contributed by atoms with Crippen molar-refractivity contribution in [2.45, 2.75) is 39.7 Å². The summed E-state index contributed by atoms with van der Waals surface area (Å²) in [5.74, 6) is 0.631. The van der Waals surface area contributed by atoms with Crippen LogP contribution in [0.4, 0.5) is 0 Å². The average molecular weight is 260 g/mol. The fourth-order valence-electron chi connectivity index (χ4n) is 2.75. The zero-order chi connectivity index (χ0) is 13.7. The highest BCUT2D eigenvalue weighted by Crippen LogP contribution is 2.16. The second-order valence-corrected chi connectivity index (χ2v) is 6.01. The van der Waals surface area contributed by atoms with Gasteiger partial charge >= 0.3 is 0 Å². The van der Waals surface area contributed by atoms with Gasteiger partial charge in [-0.2, -0.15) is 0 Å². The molecular formula is C17H28N2. The average Bonchev–Trinajstić information content (AvgIpc) is 2.42. The zero-order valence-electron chi connectivity index (χ0n) is 12.7. The Kier molecular flexibility index (Phi) is 5.41. The number of rotatable bonds is 5. The Morgan fingerprint density at radius 2 is 1.53 bits per heavy atom. The minimum atomic E-state index is 0.631. The second-order valence-electron chi connectivity index (χ2n) is 6.01. The van der Waals surface area contributed by atoms with Crippen molar-refractivity contribution >= 4 is 0 Å². The van der Waals surface area contributed by atoms with Gasteiger partial charge in [-0.25, -0.2) is 0 Å². The summed E-state index contributed by atoms with van der Waals surface area (Å²) < 4.78 is 0. The minimum Gasteiger partial charge on any atom is -0.301 e. The molecule has 0 saturated carbocycles. The first kappa shape index (κ1) is 14.5. The Bertz CT molecular complexity index is 361. The Balaban J connectivity index is 1.82. The molecule has 1 aromatic carbocycles. The molecule has 1 fully saturated rings. The van der Waals surface area contributed by atoms with Crippen molar-refractivity contribution in [3.8, 4) is 0 Å². The van der Waals surface area contributed by atoms with Gasteiger partial charge in [0.25, 0.3) is 0 Å². The predicted octanol–water partition coefficient (Wildman–Crippen LogP) is 3.34. The SMILES string of the molecule is CCCN1CCN(Cc2ccc(C(C)C)cc2)CC1. The van der Waals surface area contributed by atoms with Gasteiger partial charge in [-0.05, 0) is 30.0 Å². The lowest BCUT2D eigenvalue weighted by molar-refractivity contribution is 0.127. The summed E-state index contributed by atoms with van der Waals surface area (Å²) >= 11 is 0. The highest BCUT2D eigenvalue weighted by Gasteiger charge is 2.15. The van der Waals surface area contributed by atoms with Crippen molar-refractivity contribution in [2.24, 2.45) is 0 Å². The molecule has 0 aromatic heterocycles. The lowest BCUT2D eigenvalue weighted by Gasteiger charge is -2.34. The number of piperazine rings is 1. The van der Waals surface area contributed by atoms with Crippen LogP contribution in [-0.4, -0.2) is 42.5 Å². The maximum atomic E-state index is 2.58. The van der Waals surface area contributed by atoms with Crippen molar-refractivity contribution in [2.75, 3.05) is 32.7 Å². The summed E-state index contributed by atoms with van der Waals surface area (Å²) in [6, 6.07) is 9.17. The fourth-order valence-corrected chi connectivity index (χ4v) is 2.75. The molecule has 1 aliphatic heterocycles. The van der Waals surface area contributed by atoms with Gasteiger partial charge in [-0.3, -0.25) is 4.90 Å². The summed E-state index contributed by atoms with van der Waals surface area (Å²) in [7, 11) is 0. The van der Waals surface area contributed by atoms with E-state index in [-0.39, 0.29) is 0 Å². The van der Waals surface area contributed by atoms with E-state index in [2.05, 4.69) is 54.8 Å². The van der Waals surface area contributed by atoms with Gasteiger partial charge in [0.05, 0.1) is 0 Å². The van der Waals surface area contributed by atoms with Gasteiger partial charge in [0.1, 0.15) is 0 Å². The third-order valence-electron chi connectivity index (χ3n) is 4.06. The molecule has 0 amide bonds. The van der Waals surface area contributed by atoms with Gasteiger partial charge in [-0.15, -0.1) is 0 Å². The highest BCUT2D eigenvalue weighted by atomic mass is 15.3. The van der Waals surface area contributed by atoms with Crippen LogP contribution in [-0.2, 0) is 6.54 Å². The Labute approximate surface area is 118 Å². The first-order valence-corrected chi connectivity index (χ1v) is 7.72. The number of hydrogen-bond acceptors (Lipinski definition) is 2. The molecule has 0 bridgehead atoms. The number of hydrogen-bond donors (Lipinski definition) is 0. The molecule has 0 N–H and O–H groups in total. The molecule has 0 spiro atoms. The van der Waals surface area contributed by atoms with Crippen LogP contribution in [0, 0.1) is 0 Å². The zero-order valence-corrected chi connectivity index (χ0v) is 12.7. The third kappa shape index (κ3) is 4.32. The van der Waals surface area contributed by atoms with Gasteiger partial charge in [0.2, 0.25) is 0 Å². The first-order valence-electron chi connectivity index (χ1n) is 7.72. The molecule has 106 valence electrons. The second kappa shape index (κ2) is 7.06. The van der Waals surface area contributed by atoms with E-state index in [0.29, 0.717) is 5.92 Å². The van der Waals surface area contributed by atoms with E-state index in [1.165, 1.54) is 50.3 Å². The molecule has 0 atom stereocenters. The molecule has 0 unspecified atom stereocenters. The predicted molar refractivity (Wildman–Crippen MR) is 82.5 cm³/mol. The Morgan fingerprint density at radius 3 is 2.05 bits per heavy atom. The third-order valence-corrected chi connectivity index (χ3v) is 4.06. The minimum absolute atomic E-state index is 0.631. The standard InChI is InChI=1S/C17H28N2/c1-4-9-18-10-12-19(13-11-18)14-16-5-7-17(8-6-16)15(2)3/h5-8,15H,4,9-14H2,1-3H3. The highest BCUT2D eigenvalue weighted by molar-refractivity contribution is 5.24. The van der Waals surface area contributed by atoms with Crippen LogP contribution in [0.2, 0.25) is 0 Å². The fraction of sp³-hybridized carbons (Fsp3) is 0.647. The molecule has 19 heavy (non-hydrogen) atoms. The van der Waals surface area contributed by atoms with Gasteiger partial charge in [0, 0.05) is 32.7 Å². The number of benzene rings is 1. The van der Waals surface area contributed by atoms with Gasteiger partial charge in [0.15, 0.2) is 0 Å². The van der Waals surface area contributed by atoms with Gasteiger partial charge in [-0.1, -0.05) is 45.0 Å². The van der Waals surface area contributed by atoms with E-state index in [9.17, 15) is 0 Å². The summed E-state index contributed by atoms with van der Waals surface area (Å²) in [5.41, 5.74) is 2.89. The molecule has 0 aliphatic carbocycles. The summed E-state index contributed by atoms with van der Waals surface area (Å²) in [5, 5.41) is 0. The lowest BCUT2D eigenvalue weighted by Crippen LogP contribution is -2.45. The molecule has 1 heterocycles. The van der Waals surface area contributed by atoms with E-state index < -0.39 is 0 Å². The Morgan fingerprint density at radius 1 is 0.947 bits per heavy atom. The van der Waals surface area contributed by atoms with E-state index in [0.717, 1.165) is 6.54 Å². The van der Waals surface area contributed by atoms with Crippen LogP contribution in [0.3, 0.4) is 0 Å². The molecule has 0 radical (unpaired) electrons. The molecule has 2 heteroatoms. The van der Waals surface area contributed by atoms with Crippen LogP contribution in [0.1, 0.15) is 44.2 Å². The lowest BCUT2D eigenvalue weighted by atomic mass is 10.0. The normalized spacial score (nSPS) is 18.1. The maximum Gasteiger partial charge on any atom is 0.0234 e. The molecule has 1 saturated heterocycles. The van der Waals surface area contributed by atoms with Crippen LogP contribution >= 0.6 is 0 Å². The maximum absolute atomic E-state index is 2.58. The van der Waals surface area contributed by atoms with Crippen molar-refractivity contribution in [3.63, 3.8) is 0 Å². The van der Waals surface area contributed by atoms with Crippen molar-refractivity contribution < 1.29 is 0 Å². The van der Waals surface area contributed by atoms with E-state index in [4.69, 9.17) is 0 Å². The summed E-state index contributed by atoms with van der Waals surface area (Å²) in [4.78, 5) is 5.16. The molecule has 2 nitrogen and oxygen atoms in total. The van der Waals surface area contributed by atoms with E-state index in [1.807, 2.05) is 0 Å². The van der Waals surface area contributed by atoms with Gasteiger partial charge < -0.3 is 4.90 Å². The van der Waals surface area contributed by atoms with Crippen molar-refractivity contribution in [1.82, 2.24) is 9.80 Å². The topological polar surface area (TPSA) is 6.48 Å². The monoisotopic (exact) mass is 260 g/mol. The number of nitrogens with zero attached hydrogens (tertiary/aromatic N) is 2. The molecular weight excluding hydrogens is 232 g/mol. The van der Waals surface area contributed by atoms with Crippen LogP contribution < -0.4 is 0 Å². The van der Waals surface area contributed by atoms with E-state index >= 15 is 0 Å². The van der Waals surface area contributed by atoms with Crippen molar-refractivity contribution in [1.29, 1.82) is 0 Å². The smallest absolute Gasteiger partial charge is 0.0234 e. The largest absolute Gasteiger partial charge is 0.301 e. The van der Waals surface area contributed by atoms with E-state index in [1.54, 1.807) is 0 Å². The van der Waals surface area contributed by atoms with Crippen molar-refractivity contribution in [3.05, 3.63) is 35.4 Å². The molecule has 1 aliphatic rings. The molecule has 2 rings (SSSR count). The van der Waals surface area contributed by atoms with Crippen LogP contribution in [0.25, 0.3) is 0 Å². The Hall–Kier alpha value is -0.860. The van der Waals surface area contributed by atoms with Crippen LogP contribution in [0.15, 0.2) is 24.3 Å². The molecule has 1 aromatic rings. The summed E-state index contributed by atoms with van der Waals surface area (Å²) in [6.45, 7) is 14.0. The summed E-state index contributed by atoms with van der Waals surface area (Å²) in [6.07, 6.45) is 1.27.